The van der Waals surface area contributed by atoms with Crippen molar-refractivity contribution in [2.75, 3.05) is 13.2 Å². The first-order valence-electron chi connectivity index (χ1n) is 5.89. The molecule has 1 aliphatic rings. The fourth-order valence-corrected chi connectivity index (χ4v) is 2.60. The maximum absolute atomic E-state index is 12.0. The summed E-state index contributed by atoms with van der Waals surface area (Å²) in [4.78, 5) is 12.0. The molecule has 0 bridgehead atoms. The molecule has 6 nitrogen and oxygen atoms in total. The maximum atomic E-state index is 12.0. The van der Waals surface area contributed by atoms with Gasteiger partial charge >= 0.3 is 0 Å². The van der Waals surface area contributed by atoms with E-state index in [0.717, 1.165) is 6.42 Å². The number of benzene rings is 1. The third-order valence-electron chi connectivity index (χ3n) is 2.91. The summed E-state index contributed by atoms with van der Waals surface area (Å²) < 4.78 is 27.8. The highest BCUT2D eigenvalue weighted by molar-refractivity contribution is 7.89. The zero-order chi connectivity index (χ0) is 14.0. The van der Waals surface area contributed by atoms with Crippen LogP contribution in [0.3, 0.4) is 0 Å². The van der Waals surface area contributed by atoms with Crippen LogP contribution in [-0.4, -0.2) is 33.6 Å². The van der Waals surface area contributed by atoms with Crippen molar-refractivity contribution >= 4 is 15.9 Å². The van der Waals surface area contributed by atoms with Crippen molar-refractivity contribution in [2.45, 2.75) is 24.3 Å². The van der Waals surface area contributed by atoms with Gasteiger partial charge in [0.15, 0.2) is 0 Å². The fraction of sp³-hybridized carbons (Fsp3) is 0.417. The second kappa shape index (κ2) is 5.28. The van der Waals surface area contributed by atoms with E-state index in [1.54, 1.807) is 13.0 Å². The van der Waals surface area contributed by atoms with Crippen molar-refractivity contribution in [1.82, 2.24) is 5.32 Å². The number of carbonyl (C=O) groups is 1. The monoisotopic (exact) mass is 284 g/mol. The number of aryl methyl sites for hydroxylation is 1. The first-order chi connectivity index (χ1) is 8.86. The largest absolute Gasteiger partial charge is 0.379 e. The number of ether oxygens (including phenoxy) is 1. The highest BCUT2D eigenvalue weighted by atomic mass is 32.2. The summed E-state index contributed by atoms with van der Waals surface area (Å²) in [7, 11) is -3.81. The molecule has 7 heteroatoms. The molecule has 1 saturated heterocycles. The highest BCUT2D eigenvalue weighted by Crippen LogP contribution is 2.14. The summed E-state index contributed by atoms with van der Waals surface area (Å²) in [6.45, 7) is 2.82. The van der Waals surface area contributed by atoms with E-state index in [9.17, 15) is 13.2 Å². The standard InChI is InChI=1S/C12H16N2O4S/c1-8-4-9(6-11(5-8)19(13,16)17)12(15)14-10-2-3-18-7-10/h4-6,10H,2-3,7H2,1H3,(H,14,15)(H2,13,16,17). The van der Waals surface area contributed by atoms with Crippen LogP contribution in [0.2, 0.25) is 0 Å². The predicted octanol–water partition coefficient (Wildman–Crippen LogP) is 0.161. The summed E-state index contributed by atoms with van der Waals surface area (Å²) in [6, 6.07) is 4.32. The summed E-state index contributed by atoms with van der Waals surface area (Å²) in [5.41, 5.74) is 0.954. The van der Waals surface area contributed by atoms with E-state index >= 15 is 0 Å². The number of rotatable bonds is 3. The normalized spacial score (nSPS) is 19.4. The van der Waals surface area contributed by atoms with Crippen molar-refractivity contribution in [3.8, 4) is 0 Å². The van der Waals surface area contributed by atoms with Crippen LogP contribution < -0.4 is 10.5 Å². The number of carbonyl (C=O) groups excluding carboxylic acids is 1. The van der Waals surface area contributed by atoms with Crippen molar-refractivity contribution in [3.63, 3.8) is 0 Å². The number of nitrogens with two attached hydrogens (primary N) is 1. The Kier molecular flexibility index (Phi) is 3.88. The minimum absolute atomic E-state index is 0.0223. The summed E-state index contributed by atoms with van der Waals surface area (Å²) in [6.07, 6.45) is 0.763. The van der Waals surface area contributed by atoms with Gasteiger partial charge in [0.2, 0.25) is 10.0 Å². The molecule has 0 spiro atoms. The summed E-state index contributed by atoms with van der Waals surface area (Å²) >= 11 is 0. The molecule has 1 unspecified atom stereocenters. The lowest BCUT2D eigenvalue weighted by Gasteiger charge is -2.11. The van der Waals surface area contributed by atoms with Crippen LogP contribution in [0, 0.1) is 6.92 Å². The molecular weight excluding hydrogens is 268 g/mol. The van der Waals surface area contributed by atoms with E-state index in [4.69, 9.17) is 9.88 Å². The number of sulfonamides is 1. The van der Waals surface area contributed by atoms with Crippen molar-refractivity contribution in [3.05, 3.63) is 29.3 Å². The van der Waals surface area contributed by atoms with E-state index < -0.39 is 10.0 Å². The van der Waals surface area contributed by atoms with Crippen LogP contribution in [-0.2, 0) is 14.8 Å². The van der Waals surface area contributed by atoms with Crippen molar-refractivity contribution in [1.29, 1.82) is 0 Å². The highest BCUT2D eigenvalue weighted by Gasteiger charge is 2.20. The van der Waals surface area contributed by atoms with Crippen LogP contribution in [0.1, 0.15) is 22.3 Å². The molecule has 3 N–H and O–H groups in total. The van der Waals surface area contributed by atoms with Gasteiger partial charge in [0.25, 0.3) is 5.91 Å². The van der Waals surface area contributed by atoms with Crippen molar-refractivity contribution in [2.24, 2.45) is 5.14 Å². The lowest BCUT2D eigenvalue weighted by Crippen LogP contribution is -2.35. The molecule has 1 atom stereocenters. The van der Waals surface area contributed by atoms with Crippen LogP contribution in [0.15, 0.2) is 23.1 Å². The Bertz CT molecular complexity index is 592. The van der Waals surface area contributed by atoms with E-state index in [-0.39, 0.29) is 22.4 Å². The Balaban J connectivity index is 2.24. The number of nitrogens with one attached hydrogen (secondary N) is 1. The average Bonchev–Trinajstić information content (AvgIpc) is 2.79. The van der Waals surface area contributed by atoms with E-state index in [1.165, 1.54) is 12.1 Å². The van der Waals surface area contributed by atoms with Crippen molar-refractivity contribution < 1.29 is 17.9 Å². The number of hydrogen-bond donors (Lipinski definition) is 2. The average molecular weight is 284 g/mol. The van der Waals surface area contributed by atoms with E-state index in [1.807, 2.05) is 0 Å². The Morgan fingerprint density at radius 2 is 2.16 bits per heavy atom. The second-order valence-corrected chi connectivity index (χ2v) is 6.18. The minimum atomic E-state index is -3.81. The molecule has 19 heavy (non-hydrogen) atoms. The summed E-state index contributed by atoms with van der Waals surface area (Å²) in [5.74, 6) is -0.316. The first kappa shape index (κ1) is 14.0. The Morgan fingerprint density at radius 1 is 1.42 bits per heavy atom. The van der Waals surface area contributed by atoms with Gasteiger partial charge in [-0.25, -0.2) is 13.6 Å². The van der Waals surface area contributed by atoms with Crippen LogP contribution in [0.4, 0.5) is 0 Å². The third kappa shape index (κ3) is 3.52. The van der Waals surface area contributed by atoms with Gasteiger partial charge in [-0.15, -0.1) is 0 Å². The van der Waals surface area contributed by atoms with Gasteiger partial charge in [-0.2, -0.15) is 0 Å². The lowest BCUT2D eigenvalue weighted by atomic mass is 10.1. The van der Waals surface area contributed by atoms with Crippen LogP contribution >= 0.6 is 0 Å². The van der Waals surface area contributed by atoms with Gasteiger partial charge in [0, 0.05) is 12.2 Å². The lowest BCUT2D eigenvalue weighted by molar-refractivity contribution is 0.0929. The Morgan fingerprint density at radius 3 is 2.74 bits per heavy atom. The Labute approximate surface area is 112 Å². The number of amides is 1. The molecule has 1 aliphatic heterocycles. The molecule has 1 aromatic rings. The zero-order valence-corrected chi connectivity index (χ0v) is 11.4. The molecule has 1 fully saturated rings. The van der Waals surface area contributed by atoms with Gasteiger partial charge in [-0.3, -0.25) is 4.79 Å². The third-order valence-corrected chi connectivity index (χ3v) is 3.80. The second-order valence-electron chi connectivity index (χ2n) is 4.61. The molecule has 1 amide bonds. The fourth-order valence-electron chi connectivity index (χ4n) is 1.96. The minimum Gasteiger partial charge on any atom is -0.379 e. The van der Waals surface area contributed by atoms with Gasteiger partial charge in [-0.1, -0.05) is 0 Å². The van der Waals surface area contributed by atoms with E-state index in [2.05, 4.69) is 5.32 Å². The first-order valence-corrected chi connectivity index (χ1v) is 7.44. The van der Waals surface area contributed by atoms with Crippen LogP contribution in [0.25, 0.3) is 0 Å². The van der Waals surface area contributed by atoms with Gasteiger partial charge in [0.05, 0.1) is 17.5 Å². The van der Waals surface area contributed by atoms with E-state index in [0.29, 0.717) is 18.8 Å². The molecule has 0 aromatic heterocycles. The number of primary sulfonamides is 1. The molecule has 1 aromatic carbocycles. The molecule has 0 aliphatic carbocycles. The maximum Gasteiger partial charge on any atom is 0.251 e. The quantitative estimate of drug-likeness (QED) is 0.826. The van der Waals surface area contributed by atoms with Gasteiger partial charge in [-0.05, 0) is 37.1 Å². The smallest absolute Gasteiger partial charge is 0.251 e. The molecule has 0 saturated carbocycles. The SMILES string of the molecule is Cc1cc(C(=O)NC2CCOC2)cc(S(N)(=O)=O)c1. The molecule has 104 valence electrons. The molecule has 0 radical (unpaired) electrons. The molecular formula is C12H16N2O4S. The molecule has 2 rings (SSSR count). The number of hydrogen-bond acceptors (Lipinski definition) is 4. The van der Waals surface area contributed by atoms with Crippen LogP contribution in [0.5, 0.6) is 0 Å². The topological polar surface area (TPSA) is 98.5 Å². The zero-order valence-electron chi connectivity index (χ0n) is 10.5. The Hall–Kier alpha value is -1.44. The predicted molar refractivity (Wildman–Crippen MR) is 69.2 cm³/mol. The summed E-state index contributed by atoms with van der Waals surface area (Å²) in [5, 5.41) is 7.88. The molecule has 1 heterocycles. The van der Waals surface area contributed by atoms with Gasteiger partial charge < -0.3 is 10.1 Å². The van der Waals surface area contributed by atoms with Gasteiger partial charge in [0.1, 0.15) is 0 Å².